The van der Waals surface area contributed by atoms with Gasteiger partial charge in [0.2, 0.25) is 0 Å². The Morgan fingerprint density at radius 3 is 2.27 bits per heavy atom. The lowest BCUT2D eigenvalue weighted by Gasteiger charge is -2.23. The fraction of sp³-hybridized carbons (Fsp3) is 0.900. The molecule has 88 valence electrons. The monoisotopic (exact) mass is 232 g/mol. The van der Waals surface area contributed by atoms with Crippen LogP contribution in [-0.4, -0.2) is 24.4 Å². The summed E-state index contributed by atoms with van der Waals surface area (Å²) in [7, 11) is -3.21. The summed E-state index contributed by atoms with van der Waals surface area (Å²) in [5.74, 6) is 1.82. The summed E-state index contributed by atoms with van der Waals surface area (Å²) in [6.45, 7) is 7.42. The maximum atomic E-state index is 12.0. The van der Waals surface area contributed by atoms with Crippen molar-refractivity contribution in [3.63, 3.8) is 0 Å². The molecule has 0 aromatic rings. The van der Waals surface area contributed by atoms with E-state index in [1.165, 1.54) is 0 Å². The molecule has 0 aliphatic rings. The molecular formula is C10H21N2O2P. The Balaban J connectivity index is 4.20. The van der Waals surface area contributed by atoms with Gasteiger partial charge >= 0.3 is 7.52 Å². The van der Waals surface area contributed by atoms with E-state index in [9.17, 15) is 4.57 Å². The van der Waals surface area contributed by atoms with Gasteiger partial charge in [0, 0.05) is 13.1 Å². The SMILES string of the molecule is CCCCCOP(=O)(C#N)N(CC)CC. The van der Waals surface area contributed by atoms with Gasteiger partial charge in [-0.1, -0.05) is 33.6 Å². The van der Waals surface area contributed by atoms with Gasteiger partial charge in [-0.15, -0.1) is 0 Å². The van der Waals surface area contributed by atoms with Crippen LogP contribution in [0, 0.1) is 11.1 Å². The molecule has 0 spiro atoms. The highest BCUT2D eigenvalue weighted by atomic mass is 31.2. The van der Waals surface area contributed by atoms with Crippen molar-refractivity contribution in [3.05, 3.63) is 0 Å². The number of hydrogen-bond donors (Lipinski definition) is 0. The van der Waals surface area contributed by atoms with Crippen LogP contribution >= 0.6 is 7.52 Å². The van der Waals surface area contributed by atoms with Crippen LogP contribution in [0.15, 0.2) is 0 Å². The predicted molar refractivity (Wildman–Crippen MR) is 61.6 cm³/mol. The largest absolute Gasteiger partial charge is 0.371 e. The zero-order valence-corrected chi connectivity index (χ0v) is 10.8. The summed E-state index contributed by atoms with van der Waals surface area (Å²) in [6.07, 6.45) is 3.00. The van der Waals surface area contributed by atoms with Crippen molar-refractivity contribution in [2.45, 2.75) is 40.0 Å². The molecule has 0 rings (SSSR count). The zero-order valence-electron chi connectivity index (χ0n) is 9.90. The van der Waals surface area contributed by atoms with Crippen molar-refractivity contribution in [3.8, 4) is 5.81 Å². The number of rotatable bonds is 8. The van der Waals surface area contributed by atoms with E-state index in [2.05, 4.69) is 6.92 Å². The molecule has 0 aromatic carbocycles. The molecular weight excluding hydrogens is 211 g/mol. The summed E-state index contributed by atoms with van der Waals surface area (Å²) in [4.78, 5) is 0. The standard InChI is InChI=1S/C10H21N2O2P/c1-4-7-8-9-14-15(13,10-11)12(5-2)6-3/h4-9H2,1-3H3. The third-order valence-corrected chi connectivity index (χ3v) is 4.34. The summed E-state index contributed by atoms with van der Waals surface area (Å²) < 4.78 is 18.9. The topological polar surface area (TPSA) is 53.3 Å². The summed E-state index contributed by atoms with van der Waals surface area (Å²) in [5.41, 5.74) is 0. The Hall–Kier alpha value is -0.360. The maximum Gasteiger partial charge on any atom is 0.371 e. The molecule has 0 aromatic heterocycles. The lowest BCUT2D eigenvalue weighted by Crippen LogP contribution is -2.20. The summed E-state index contributed by atoms with van der Waals surface area (Å²) in [5, 5.41) is 8.89. The molecule has 0 saturated heterocycles. The van der Waals surface area contributed by atoms with E-state index in [-0.39, 0.29) is 0 Å². The summed E-state index contributed by atoms with van der Waals surface area (Å²) in [6, 6.07) is 0. The molecule has 1 atom stereocenters. The van der Waals surface area contributed by atoms with Gasteiger partial charge in [0.15, 0.2) is 5.81 Å². The van der Waals surface area contributed by atoms with Crippen LogP contribution in [0.25, 0.3) is 0 Å². The molecule has 15 heavy (non-hydrogen) atoms. The lowest BCUT2D eigenvalue weighted by molar-refractivity contribution is 0.267. The Morgan fingerprint density at radius 1 is 1.27 bits per heavy atom. The second kappa shape index (κ2) is 7.87. The van der Waals surface area contributed by atoms with Crippen LogP contribution in [0.3, 0.4) is 0 Å². The van der Waals surface area contributed by atoms with E-state index >= 15 is 0 Å². The molecule has 5 heteroatoms. The Bertz CT molecular complexity index is 246. The minimum absolute atomic E-state index is 0.412. The van der Waals surface area contributed by atoms with E-state index in [1.54, 1.807) is 4.67 Å². The predicted octanol–water partition coefficient (Wildman–Crippen LogP) is 3.21. The first-order valence-corrected chi connectivity index (χ1v) is 7.13. The summed E-state index contributed by atoms with van der Waals surface area (Å²) >= 11 is 0. The normalized spacial score (nSPS) is 14.9. The molecule has 0 aliphatic heterocycles. The van der Waals surface area contributed by atoms with Crippen LogP contribution in [0.2, 0.25) is 0 Å². The van der Waals surface area contributed by atoms with Crippen molar-refractivity contribution in [1.29, 1.82) is 5.26 Å². The third-order valence-electron chi connectivity index (χ3n) is 2.24. The second-order valence-electron chi connectivity index (χ2n) is 3.30. The van der Waals surface area contributed by atoms with Gasteiger partial charge in [0.25, 0.3) is 0 Å². The van der Waals surface area contributed by atoms with Crippen molar-refractivity contribution >= 4 is 7.52 Å². The van der Waals surface area contributed by atoms with Crippen molar-refractivity contribution in [1.82, 2.24) is 4.67 Å². The Kier molecular flexibility index (Phi) is 7.68. The van der Waals surface area contributed by atoms with Gasteiger partial charge in [-0.3, -0.25) is 4.57 Å². The smallest absolute Gasteiger partial charge is 0.307 e. The molecule has 4 nitrogen and oxygen atoms in total. The van der Waals surface area contributed by atoms with E-state index in [0.29, 0.717) is 19.7 Å². The average Bonchev–Trinajstić information content (AvgIpc) is 2.26. The fourth-order valence-corrected chi connectivity index (χ4v) is 2.78. The first-order valence-electron chi connectivity index (χ1n) is 5.55. The quantitative estimate of drug-likeness (QED) is 0.476. The lowest BCUT2D eigenvalue weighted by atomic mass is 10.3. The average molecular weight is 232 g/mol. The van der Waals surface area contributed by atoms with Crippen LogP contribution < -0.4 is 0 Å². The number of nitriles is 1. The van der Waals surface area contributed by atoms with Gasteiger partial charge in [-0.2, -0.15) is 5.26 Å². The Morgan fingerprint density at radius 2 is 1.87 bits per heavy atom. The molecule has 0 N–H and O–H groups in total. The number of nitrogens with zero attached hydrogens (tertiary/aromatic N) is 2. The fourth-order valence-electron chi connectivity index (χ4n) is 1.31. The van der Waals surface area contributed by atoms with Gasteiger partial charge in [0.1, 0.15) is 0 Å². The highest BCUT2D eigenvalue weighted by molar-refractivity contribution is 7.61. The number of unbranched alkanes of at least 4 members (excludes halogenated alkanes) is 2. The molecule has 0 saturated carbocycles. The first kappa shape index (κ1) is 14.6. The third kappa shape index (κ3) is 4.79. The van der Waals surface area contributed by atoms with E-state index < -0.39 is 7.52 Å². The molecule has 0 amide bonds. The molecule has 0 bridgehead atoms. The van der Waals surface area contributed by atoms with E-state index in [0.717, 1.165) is 19.3 Å². The first-order chi connectivity index (χ1) is 7.14. The zero-order chi connectivity index (χ0) is 11.7. The van der Waals surface area contributed by atoms with Crippen LogP contribution in [0.1, 0.15) is 40.0 Å². The number of hydrogen-bond acceptors (Lipinski definition) is 3. The molecule has 0 fully saturated rings. The second-order valence-corrected chi connectivity index (χ2v) is 5.36. The highest BCUT2D eigenvalue weighted by Crippen LogP contribution is 2.49. The van der Waals surface area contributed by atoms with Gasteiger partial charge < -0.3 is 4.52 Å². The van der Waals surface area contributed by atoms with Gasteiger partial charge in [-0.25, -0.2) is 4.67 Å². The molecule has 0 radical (unpaired) electrons. The van der Waals surface area contributed by atoms with Crippen LogP contribution in [0.5, 0.6) is 0 Å². The minimum Gasteiger partial charge on any atom is -0.307 e. The van der Waals surface area contributed by atoms with Gasteiger partial charge in [0.05, 0.1) is 6.61 Å². The van der Waals surface area contributed by atoms with Crippen molar-refractivity contribution in [2.75, 3.05) is 19.7 Å². The van der Waals surface area contributed by atoms with Crippen molar-refractivity contribution in [2.24, 2.45) is 0 Å². The van der Waals surface area contributed by atoms with Crippen LogP contribution in [0.4, 0.5) is 0 Å². The van der Waals surface area contributed by atoms with Gasteiger partial charge in [-0.05, 0) is 6.42 Å². The van der Waals surface area contributed by atoms with Crippen LogP contribution in [-0.2, 0) is 9.09 Å². The molecule has 1 unspecified atom stereocenters. The Labute approximate surface area is 92.7 Å². The molecule has 0 aliphatic carbocycles. The molecule has 0 heterocycles. The highest BCUT2D eigenvalue weighted by Gasteiger charge is 2.29. The van der Waals surface area contributed by atoms with E-state index in [1.807, 2.05) is 19.7 Å². The van der Waals surface area contributed by atoms with E-state index in [4.69, 9.17) is 9.79 Å². The maximum absolute atomic E-state index is 12.0. The van der Waals surface area contributed by atoms with Crippen molar-refractivity contribution < 1.29 is 9.09 Å². The minimum atomic E-state index is -3.21.